The second-order valence-corrected chi connectivity index (χ2v) is 8.89. The molecule has 2 aromatic carbocycles. The number of carboxylic acids is 2. The van der Waals surface area contributed by atoms with Crippen LogP contribution in [0.25, 0.3) is 0 Å². The average molecular weight is 537 g/mol. The molecule has 4 rings (SSSR count). The third-order valence-electron chi connectivity index (χ3n) is 6.30. The van der Waals surface area contributed by atoms with E-state index in [1.807, 2.05) is 6.92 Å². The minimum Gasteiger partial charge on any atom is -0.490 e. The number of ether oxygens (including phenoxy) is 2. The summed E-state index contributed by atoms with van der Waals surface area (Å²) in [4.78, 5) is 21.3. The van der Waals surface area contributed by atoms with Crippen LogP contribution >= 0.6 is 0 Å². The number of benzene rings is 2. The van der Waals surface area contributed by atoms with E-state index >= 15 is 0 Å². The number of anilines is 1. The molecule has 0 amide bonds. The van der Waals surface area contributed by atoms with Crippen LogP contribution in [0.3, 0.4) is 0 Å². The number of hydrogen-bond acceptors (Lipinski definition) is 6. The molecule has 0 fully saturated rings. The topological polar surface area (TPSA) is 108 Å². The van der Waals surface area contributed by atoms with Gasteiger partial charge < -0.3 is 29.9 Å². The van der Waals surface area contributed by atoms with Gasteiger partial charge in [-0.05, 0) is 62.0 Å². The summed E-state index contributed by atoms with van der Waals surface area (Å²) in [6.07, 6.45) is 3.41. The number of nitrogens with one attached hydrogen (secondary N) is 1. The lowest BCUT2D eigenvalue weighted by molar-refractivity contribution is -0.134. The fraction of sp³-hybridized carbons (Fsp3) is 0.407. The Bertz CT molecular complexity index is 1160. The fourth-order valence-corrected chi connectivity index (χ4v) is 4.51. The van der Waals surface area contributed by atoms with Crippen molar-refractivity contribution in [2.75, 3.05) is 37.7 Å². The summed E-state index contributed by atoms with van der Waals surface area (Å²) < 4.78 is 52.2. The van der Waals surface area contributed by atoms with Gasteiger partial charge in [0.25, 0.3) is 0 Å². The van der Waals surface area contributed by atoms with Crippen molar-refractivity contribution >= 4 is 17.6 Å². The molecule has 2 aliphatic rings. The monoisotopic (exact) mass is 536 g/mol. The molecule has 0 spiro atoms. The molecule has 0 aliphatic carbocycles. The third-order valence-corrected chi connectivity index (χ3v) is 6.30. The molecular formula is C27H31F3N2O6. The van der Waals surface area contributed by atoms with E-state index in [0.717, 1.165) is 49.5 Å². The molecule has 2 aliphatic heterocycles. The van der Waals surface area contributed by atoms with Gasteiger partial charge >= 0.3 is 11.9 Å². The number of halogens is 3. The molecule has 8 nitrogen and oxygen atoms in total. The zero-order chi connectivity index (χ0) is 27.8. The quantitative estimate of drug-likeness (QED) is 0.362. The molecule has 38 heavy (non-hydrogen) atoms. The lowest BCUT2D eigenvalue weighted by atomic mass is 9.94. The van der Waals surface area contributed by atoms with E-state index in [-0.39, 0.29) is 11.9 Å². The van der Waals surface area contributed by atoms with Crippen molar-refractivity contribution < 1.29 is 42.4 Å². The van der Waals surface area contributed by atoms with Crippen molar-refractivity contribution in [1.29, 1.82) is 0 Å². The van der Waals surface area contributed by atoms with E-state index in [2.05, 4.69) is 23.2 Å². The highest BCUT2D eigenvalue weighted by Gasteiger charge is 2.27. The summed E-state index contributed by atoms with van der Waals surface area (Å²) in [5.41, 5.74) is 4.99. The Labute approximate surface area is 218 Å². The number of rotatable bonds is 7. The van der Waals surface area contributed by atoms with Gasteiger partial charge in [-0.3, -0.25) is 0 Å². The predicted octanol–water partition coefficient (Wildman–Crippen LogP) is 3.87. The summed E-state index contributed by atoms with van der Waals surface area (Å²) in [5, 5.41) is 19.1. The summed E-state index contributed by atoms with van der Waals surface area (Å²) in [6.45, 7) is 7.83. The average Bonchev–Trinajstić information content (AvgIpc) is 3.12. The van der Waals surface area contributed by atoms with Crippen LogP contribution in [0.2, 0.25) is 0 Å². The molecule has 0 aromatic heterocycles. The number of aliphatic carboxylic acids is 2. The van der Waals surface area contributed by atoms with Gasteiger partial charge in [-0.1, -0.05) is 6.92 Å². The zero-order valence-electron chi connectivity index (χ0n) is 21.2. The van der Waals surface area contributed by atoms with Gasteiger partial charge in [-0.2, -0.15) is 0 Å². The second kappa shape index (κ2) is 13.2. The van der Waals surface area contributed by atoms with Crippen LogP contribution in [0.1, 0.15) is 30.0 Å². The molecule has 1 unspecified atom stereocenters. The lowest BCUT2D eigenvalue weighted by Gasteiger charge is -2.36. The molecule has 11 heteroatoms. The molecule has 2 heterocycles. The summed E-state index contributed by atoms with van der Waals surface area (Å²) >= 11 is 0. The van der Waals surface area contributed by atoms with Crippen molar-refractivity contribution in [2.45, 2.75) is 39.2 Å². The standard InChI is InChI=1S/C23H27F3N2O2.C4H4O4/c1-3-16(30-17-11-19(24)22(26)20(25)12-17)13-28-8-9-29-21-10-15-4-6-27-7-5-18(15)14(2)23(21)28;5-3(6)1-2-4(7)8/h10-12,16,27H,3-9,13H2,1-2H3;1-2H,(H,5,6)(H,7,8)/b;2-1+. The molecule has 2 aromatic rings. The van der Waals surface area contributed by atoms with Crippen LogP contribution in [0.4, 0.5) is 18.9 Å². The van der Waals surface area contributed by atoms with Crippen LogP contribution in [0, 0.1) is 24.4 Å². The first-order chi connectivity index (χ1) is 18.1. The van der Waals surface area contributed by atoms with Gasteiger partial charge in [0.1, 0.15) is 24.2 Å². The molecular weight excluding hydrogens is 505 g/mol. The van der Waals surface area contributed by atoms with Gasteiger partial charge in [0.05, 0.1) is 18.8 Å². The van der Waals surface area contributed by atoms with Gasteiger partial charge in [-0.15, -0.1) is 0 Å². The Morgan fingerprint density at radius 1 is 1.11 bits per heavy atom. The molecule has 0 radical (unpaired) electrons. The van der Waals surface area contributed by atoms with E-state index in [1.54, 1.807) is 0 Å². The Morgan fingerprint density at radius 2 is 1.74 bits per heavy atom. The molecule has 0 saturated heterocycles. The van der Waals surface area contributed by atoms with Crippen LogP contribution in [-0.2, 0) is 22.4 Å². The van der Waals surface area contributed by atoms with Crippen LogP contribution in [0.5, 0.6) is 11.5 Å². The molecule has 1 atom stereocenters. The second-order valence-electron chi connectivity index (χ2n) is 8.89. The highest BCUT2D eigenvalue weighted by Crippen LogP contribution is 2.39. The first-order valence-electron chi connectivity index (χ1n) is 12.3. The van der Waals surface area contributed by atoms with E-state index in [0.29, 0.717) is 38.3 Å². The normalized spacial score (nSPS) is 15.3. The van der Waals surface area contributed by atoms with E-state index in [9.17, 15) is 22.8 Å². The van der Waals surface area contributed by atoms with Crippen molar-refractivity contribution in [3.63, 3.8) is 0 Å². The largest absolute Gasteiger partial charge is 0.490 e. The molecule has 0 saturated carbocycles. The highest BCUT2D eigenvalue weighted by molar-refractivity contribution is 5.89. The van der Waals surface area contributed by atoms with E-state index < -0.39 is 29.4 Å². The number of carboxylic acid groups (broad SMARTS) is 2. The lowest BCUT2D eigenvalue weighted by Crippen LogP contribution is -2.41. The Kier molecular flexibility index (Phi) is 10.0. The Balaban J connectivity index is 0.000000436. The minimum absolute atomic E-state index is 0.00328. The maximum absolute atomic E-state index is 13.6. The molecule has 0 bridgehead atoms. The first-order valence-corrected chi connectivity index (χ1v) is 12.3. The Hall–Kier alpha value is -3.73. The van der Waals surface area contributed by atoms with E-state index in [4.69, 9.17) is 19.7 Å². The first kappa shape index (κ1) is 28.8. The van der Waals surface area contributed by atoms with Crippen LogP contribution < -0.4 is 19.7 Å². The van der Waals surface area contributed by atoms with Crippen LogP contribution in [-0.4, -0.2) is 61.0 Å². The number of hydrogen-bond donors (Lipinski definition) is 3. The summed E-state index contributed by atoms with van der Waals surface area (Å²) in [7, 11) is 0. The maximum atomic E-state index is 13.6. The van der Waals surface area contributed by atoms with Crippen molar-refractivity contribution in [1.82, 2.24) is 5.32 Å². The Morgan fingerprint density at radius 3 is 2.34 bits per heavy atom. The maximum Gasteiger partial charge on any atom is 0.328 e. The van der Waals surface area contributed by atoms with Gasteiger partial charge in [0, 0.05) is 24.3 Å². The van der Waals surface area contributed by atoms with Gasteiger partial charge in [-0.25, -0.2) is 22.8 Å². The smallest absolute Gasteiger partial charge is 0.328 e. The zero-order valence-corrected chi connectivity index (χ0v) is 21.2. The number of nitrogens with zero attached hydrogens (tertiary/aromatic N) is 1. The van der Waals surface area contributed by atoms with Crippen molar-refractivity contribution in [2.24, 2.45) is 0 Å². The van der Waals surface area contributed by atoms with Gasteiger partial charge in [0.15, 0.2) is 17.5 Å². The van der Waals surface area contributed by atoms with E-state index in [1.165, 1.54) is 16.7 Å². The predicted molar refractivity (Wildman–Crippen MR) is 135 cm³/mol. The molecule has 206 valence electrons. The SMILES string of the molecule is CCC(CN1CCOc2cc3c(c(C)c21)CCNCC3)Oc1cc(F)c(F)c(F)c1.O=C(O)/C=C/C(=O)O. The van der Waals surface area contributed by atoms with Gasteiger partial charge in [0.2, 0.25) is 0 Å². The fourth-order valence-electron chi connectivity index (χ4n) is 4.51. The van der Waals surface area contributed by atoms with Crippen LogP contribution in [0.15, 0.2) is 30.4 Å². The minimum atomic E-state index is -1.48. The third kappa shape index (κ3) is 7.41. The summed E-state index contributed by atoms with van der Waals surface area (Å²) in [5.74, 6) is -5.61. The number of carbonyl (C=O) groups is 2. The van der Waals surface area contributed by atoms with Crippen molar-refractivity contribution in [3.8, 4) is 11.5 Å². The molecule has 3 N–H and O–H groups in total. The highest BCUT2D eigenvalue weighted by atomic mass is 19.2. The van der Waals surface area contributed by atoms with Crippen molar-refractivity contribution in [3.05, 3.63) is 64.5 Å². The number of fused-ring (bicyclic) bond motifs is 2. The summed E-state index contributed by atoms with van der Waals surface area (Å²) in [6, 6.07) is 3.95.